The Kier molecular flexibility index (Phi) is 5.95. The highest BCUT2D eigenvalue weighted by Crippen LogP contribution is 2.28. The molecule has 1 aromatic rings. The molecule has 0 aliphatic heterocycles. The van der Waals surface area contributed by atoms with E-state index in [1.54, 1.807) is 6.07 Å². The van der Waals surface area contributed by atoms with Crippen LogP contribution >= 0.6 is 0 Å². The maximum Gasteiger partial charge on any atom is 0.273 e. The molecule has 0 bridgehead atoms. The number of nitrogens with one attached hydrogen (secondary N) is 1. The maximum atomic E-state index is 10.8. The van der Waals surface area contributed by atoms with Crippen molar-refractivity contribution in [2.45, 2.75) is 25.8 Å². The average Bonchev–Trinajstić information content (AvgIpc) is 3.30. The van der Waals surface area contributed by atoms with E-state index in [4.69, 9.17) is 9.47 Å². The van der Waals surface area contributed by atoms with Crippen molar-refractivity contribution in [1.29, 1.82) is 0 Å². The van der Waals surface area contributed by atoms with Gasteiger partial charge < -0.3 is 14.8 Å². The maximum absolute atomic E-state index is 10.8. The van der Waals surface area contributed by atoms with Crippen LogP contribution in [0.4, 0.5) is 5.69 Å². The molecule has 1 N–H and O–H groups in total. The Bertz CT molecular complexity index is 475. The fourth-order valence-corrected chi connectivity index (χ4v) is 2.04. The lowest BCUT2D eigenvalue weighted by atomic mass is 10.2. The fraction of sp³-hybridized carbons (Fsp3) is 0.600. The number of nitrogens with zero attached hydrogens (tertiary/aromatic N) is 1. The second-order valence-corrected chi connectivity index (χ2v) is 5.35. The van der Waals surface area contributed by atoms with Gasteiger partial charge in [-0.05, 0) is 43.4 Å². The number of hydrogen-bond acceptors (Lipinski definition) is 5. The van der Waals surface area contributed by atoms with Gasteiger partial charge in [0.1, 0.15) is 5.75 Å². The Hall–Kier alpha value is -1.66. The third kappa shape index (κ3) is 5.69. The van der Waals surface area contributed by atoms with E-state index >= 15 is 0 Å². The van der Waals surface area contributed by atoms with Gasteiger partial charge in [0, 0.05) is 25.8 Å². The van der Waals surface area contributed by atoms with Gasteiger partial charge in [0.2, 0.25) is 0 Å². The van der Waals surface area contributed by atoms with Gasteiger partial charge in [-0.15, -0.1) is 0 Å². The molecule has 1 aliphatic rings. The zero-order valence-corrected chi connectivity index (χ0v) is 12.3. The van der Waals surface area contributed by atoms with Crippen LogP contribution < -0.4 is 10.1 Å². The summed E-state index contributed by atoms with van der Waals surface area (Å²) in [6, 6.07) is 4.80. The van der Waals surface area contributed by atoms with Crippen molar-refractivity contribution in [3.8, 4) is 5.75 Å². The summed E-state index contributed by atoms with van der Waals surface area (Å²) in [5, 5.41) is 14.1. The van der Waals surface area contributed by atoms with Crippen LogP contribution in [-0.4, -0.2) is 31.8 Å². The molecule has 1 aromatic carbocycles. The highest BCUT2D eigenvalue weighted by Gasteiger charge is 2.20. The Morgan fingerprint density at radius 3 is 2.86 bits per heavy atom. The molecule has 0 heterocycles. The van der Waals surface area contributed by atoms with Crippen LogP contribution in [0.5, 0.6) is 5.75 Å². The summed E-state index contributed by atoms with van der Waals surface area (Å²) in [6.45, 7) is 3.07. The van der Waals surface area contributed by atoms with E-state index in [-0.39, 0.29) is 5.69 Å². The molecule has 0 atom stereocenters. The molecule has 0 spiro atoms. The van der Waals surface area contributed by atoms with Crippen molar-refractivity contribution in [1.82, 2.24) is 5.32 Å². The molecule has 6 heteroatoms. The molecule has 0 saturated heterocycles. The number of non-ortho nitro benzene ring substituents is 1. The van der Waals surface area contributed by atoms with E-state index in [0.29, 0.717) is 12.3 Å². The molecule has 1 aliphatic carbocycles. The van der Waals surface area contributed by atoms with Crippen molar-refractivity contribution in [3.63, 3.8) is 0 Å². The standard InChI is InChI=1S/C15H22N2O4/c1-20-15-8-13(7-14(9-15)17(18)19)10-16-5-2-6-21-11-12-3-4-12/h7-9,12,16H,2-6,10-11H2,1H3. The highest BCUT2D eigenvalue weighted by atomic mass is 16.6. The van der Waals surface area contributed by atoms with Crippen molar-refractivity contribution in [3.05, 3.63) is 33.9 Å². The molecule has 0 aromatic heterocycles. The molecule has 6 nitrogen and oxygen atoms in total. The Labute approximate surface area is 124 Å². The van der Waals surface area contributed by atoms with Crippen LogP contribution in [0.1, 0.15) is 24.8 Å². The minimum atomic E-state index is -0.405. The van der Waals surface area contributed by atoms with Crippen molar-refractivity contribution in [2.75, 3.05) is 26.9 Å². The lowest BCUT2D eigenvalue weighted by molar-refractivity contribution is -0.385. The number of nitro groups is 1. The number of hydrogen-bond donors (Lipinski definition) is 1. The first kappa shape index (κ1) is 15.7. The van der Waals surface area contributed by atoms with E-state index in [9.17, 15) is 10.1 Å². The summed E-state index contributed by atoms with van der Waals surface area (Å²) in [7, 11) is 1.51. The second kappa shape index (κ2) is 7.95. The van der Waals surface area contributed by atoms with Crippen LogP contribution in [0, 0.1) is 16.0 Å². The van der Waals surface area contributed by atoms with E-state index in [2.05, 4.69) is 5.32 Å². The number of methoxy groups -OCH3 is 1. The quantitative estimate of drug-likeness (QED) is 0.408. The van der Waals surface area contributed by atoms with Crippen LogP contribution in [-0.2, 0) is 11.3 Å². The first-order chi connectivity index (χ1) is 10.2. The van der Waals surface area contributed by atoms with Gasteiger partial charge in [-0.3, -0.25) is 10.1 Å². The second-order valence-electron chi connectivity index (χ2n) is 5.35. The molecule has 1 saturated carbocycles. The van der Waals surface area contributed by atoms with Gasteiger partial charge in [0.15, 0.2) is 0 Å². The molecular weight excluding hydrogens is 272 g/mol. The number of rotatable bonds is 10. The summed E-state index contributed by atoms with van der Waals surface area (Å²) in [5.41, 5.74) is 0.902. The monoisotopic (exact) mass is 294 g/mol. The third-order valence-electron chi connectivity index (χ3n) is 3.42. The number of benzene rings is 1. The normalized spacial score (nSPS) is 14.1. The lowest BCUT2D eigenvalue weighted by Gasteiger charge is -2.07. The summed E-state index contributed by atoms with van der Waals surface area (Å²) in [5.74, 6) is 1.31. The molecule has 1 fully saturated rings. The molecule has 116 valence electrons. The van der Waals surface area contributed by atoms with Gasteiger partial charge in [0.05, 0.1) is 18.1 Å². The van der Waals surface area contributed by atoms with E-state index in [1.165, 1.54) is 26.0 Å². The Balaban J connectivity index is 1.68. The summed E-state index contributed by atoms with van der Waals surface area (Å²) < 4.78 is 10.6. The summed E-state index contributed by atoms with van der Waals surface area (Å²) in [4.78, 5) is 10.4. The Morgan fingerprint density at radius 1 is 1.38 bits per heavy atom. The average molecular weight is 294 g/mol. The zero-order valence-electron chi connectivity index (χ0n) is 12.3. The molecule has 2 rings (SSSR count). The molecule has 0 radical (unpaired) electrons. The highest BCUT2D eigenvalue weighted by molar-refractivity contribution is 5.42. The lowest BCUT2D eigenvalue weighted by Crippen LogP contribution is -2.16. The van der Waals surface area contributed by atoms with E-state index < -0.39 is 4.92 Å². The SMILES string of the molecule is COc1cc(CNCCCOCC2CC2)cc([N+](=O)[O-])c1. The topological polar surface area (TPSA) is 73.6 Å². The summed E-state index contributed by atoms with van der Waals surface area (Å²) >= 11 is 0. The smallest absolute Gasteiger partial charge is 0.273 e. The Morgan fingerprint density at radius 2 is 2.19 bits per heavy atom. The van der Waals surface area contributed by atoms with Gasteiger partial charge in [-0.25, -0.2) is 0 Å². The molecular formula is C15H22N2O4. The first-order valence-electron chi connectivity index (χ1n) is 7.30. The predicted molar refractivity (Wildman–Crippen MR) is 79.5 cm³/mol. The van der Waals surface area contributed by atoms with Crippen molar-refractivity contribution < 1.29 is 14.4 Å². The predicted octanol–water partition coefficient (Wildman–Crippen LogP) is 2.51. The van der Waals surface area contributed by atoms with Crippen molar-refractivity contribution >= 4 is 5.69 Å². The number of ether oxygens (including phenoxy) is 2. The van der Waals surface area contributed by atoms with Gasteiger partial charge in [0.25, 0.3) is 5.69 Å². The molecule has 0 unspecified atom stereocenters. The van der Waals surface area contributed by atoms with Crippen LogP contribution in [0.25, 0.3) is 0 Å². The van der Waals surface area contributed by atoms with Gasteiger partial charge in [-0.2, -0.15) is 0 Å². The minimum Gasteiger partial charge on any atom is -0.496 e. The van der Waals surface area contributed by atoms with E-state index in [0.717, 1.165) is 37.7 Å². The van der Waals surface area contributed by atoms with Crippen LogP contribution in [0.15, 0.2) is 18.2 Å². The minimum absolute atomic E-state index is 0.0546. The number of nitro benzene ring substituents is 1. The summed E-state index contributed by atoms with van der Waals surface area (Å²) in [6.07, 6.45) is 3.57. The third-order valence-corrected chi connectivity index (χ3v) is 3.42. The van der Waals surface area contributed by atoms with Crippen LogP contribution in [0.2, 0.25) is 0 Å². The van der Waals surface area contributed by atoms with Gasteiger partial charge in [-0.1, -0.05) is 0 Å². The van der Waals surface area contributed by atoms with Crippen LogP contribution in [0.3, 0.4) is 0 Å². The molecule has 21 heavy (non-hydrogen) atoms. The molecule has 0 amide bonds. The largest absolute Gasteiger partial charge is 0.496 e. The van der Waals surface area contributed by atoms with Crippen molar-refractivity contribution in [2.24, 2.45) is 5.92 Å². The zero-order chi connectivity index (χ0) is 15.1. The van der Waals surface area contributed by atoms with Gasteiger partial charge >= 0.3 is 0 Å². The first-order valence-corrected chi connectivity index (χ1v) is 7.30. The fourth-order valence-electron chi connectivity index (χ4n) is 2.04. The van der Waals surface area contributed by atoms with E-state index in [1.807, 2.05) is 6.07 Å².